The minimum Gasteiger partial charge on any atom is -0.474 e. The highest BCUT2D eigenvalue weighted by atomic mass is 16.5. The molecule has 0 saturated carbocycles. The van der Waals surface area contributed by atoms with Gasteiger partial charge in [0, 0.05) is 20.2 Å². The van der Waals surface area contributed by atoms with E-state index >= 15 is 0 Å². The van der Waals surface area contributed by atoms with Crippen LogP contribution in [-0.2, 0) is 14.3 Å². The molecule has 13 heavy (non-hydrogen) atoms. The lowest BCUT2D eigenvalue weighted by Gasteiger charge is -2.21. The summed E-state index contributed by atoms with van der Waals surface area (Å²) in [7, 11) is 1.56. The van der Waals surface area contributed by atoms with E-state index in [2.05, 4.69) is 0 Å². The highest BCUT2D eigenvalue weighted by molar-refractivity contribution is 6.31. The van der Waals surface area contributed by atoms with Crippen molar-refractivity contribution in [2.75, 3.05) is 20.2 Å². The van der Waals surface area contributed by atoms with Crippen molar-refractivity contribution in [1.29, 1.82) is 0 Å². The van der Waals surface area contributed by atoms with E-state index < -0.39 is 11.9 Å². The lowest BCUT2D eigenvalue weighted by molar-refractivity contribution is -0.155. The molecule has 1 heterocycles. The lowest BCUT2D eigenvalue weighted by Crippen LogP contribution is -2.38. The Bertz CT molecular complexity index is 240. The molecule has 1 aliphatic heterocycles. The molecule has 1 amide bonds. The van der Waals surface area contributed by atoms with Crippen molar-refractivity contribution in [3.05, 3.63) is 0 Å². The summed E-state index contributed by atoms with van der Waals surface area (Å²) in [6, 6.07) is 0. The third-order valence-electron chi connectivity index (χ3n) is 2.40. The number of hydrogen-bond donors (Lipinski definition) is 1. The van der Waals surface area contributed by atoms with Crippen molar-refractivity contribution < 1.29 is 19.4 Å². The van der Waals surface area contributed by atoms with E-state index in [4.69, 9.17) is 9.84 Å². The Morgan fingerprint density at radius 3 is 2.54 bits per heavy atom. The molecule has 5 heteroatoms. The van der Waals surface area contributed by atoms with Crippen molar-refractivity contribution in [2.24, 2.45) is 0 Å². The maximum Gasteiger partial charge on any atom is 0.394 e. The number of likely N-dealkylation sites (tertiary alicyclic amines) is 1. The van der Waals surface area contributed by atoms with Gasteiger partial charge < -0.3 is 14.7 Å². The van der Waals surface area contributed by atoms with Crippen LogP contribution in [0.15, 0.2) is 0 Å². The first-order valence-electron chi connectivity index (χ1n) is 4.06. The Morgan fingerprint density at radius 2 is 2.15 bits per heavy atom. The van der Waals surface area contributed by atoms with Crippen molar-refractivity contribution in [1.82, 2.24) is 4.90 Å². The zero-order valence-electron chi connectivity index (χ0n) is 7.74. The average Bonchev–Trinajstić information content (AvgIpc) is 2.47. The Morgan fingerprint density at radius 1 is 1.54 bits per heavy atom. The molecule has 0 spiro atoms. The van der Waals surface area contributed by atoms with Gasteiger partial charge in [0.15, 0.2) is 0 Å². The summed E-state index contributed by atoms with van der Waals surface area (Å²) in [5, 5.41) is 8.45. The van der Waals surface area contributed by atoms with E-state index in [1.807, 2.05) is 6.92 Å². The number of hydrogen-bond acceptors (Lipinski definition) is 3. The number of nitrogens with zero attached hydrogens (tertiary/aromatic N) is 1. The van der Waals surface area contributed by atoms with Crippen LogP contribution in [0.4, 0.5) is 0 Å². The Balaban J connectivity index is 2.60. The molecular formula is C8H13NO4. The molecule has 0 bridgehead atoms. The Kier molecular flexibility index (Phi) is 2.56. The van der Waals surface area contributed by atoms with E-state index in [9.17, 15) is 9.59 Å². The van der Waals surface area contributed by atoms with E-state index in [1.165, 1.54) is 4.90 Å². The number of ether oxygens (including phenoxy) is 1. The number of amides is 1. The van der Waals surface area contributed by atoms with Crippen molar-refractivity contribution in [3.8, 4) is 0 Å². The smallest absolute Gasteiger partial charge is 0.394 e. The molecule has 74 valence electrons. The highest BCUT2D eigenvalue weighted by Crippen LogP contribution is 2.23. The molecular weight excluding hydrogens is 174 g/mol. The van der Waals surface area contributed by atoms with Gasteiger partial charge in [0.05, 0.1) is 5.60 Å². The van der Waals surface area contributed by atoms with Gasteiger partial charge in [0.1, 0.15) is 0 Å². The zero-order valence-corrected chi connectivity index (χ0v) is 7.74. The first kappa shape index (κ1) is 9.98. The first-order valence-corrected chi connectivity index (χ1v) is 4.06. The molecule has 1 saturated heterocycles. The monoisotopic (exact) mass is 187 g/mol. The molecule has 0 aromatic carbocycles. The van der Waals surface area contributed by atoms with Crippen LogP contribution in [-0.4, -0.2) is 47.7 Å². The van der Waals surface area contributed by atoms with Gasteiger partial charge in [-0.15, -0.1) is 0 Å². The third-order valence-corrected chi connectivity index (χ3v) is 2.40. The SMILES string of the molecule is COC1(C)CCN(C(=O)C(=O)O)C1. The molecule has 0 aliphatic carbocycles. The quantitative estimate of drug-likeness (QED) is 0.573. The summed E-state index contributed by atoms with van der Waals surface area (Å²) < 4.78 is 5.17. The van der Waals surface area contributed by atoms with Gasteiger partial charge in [0.2, 0.25) is 0 Å². The van der Waals surface area contributed by atoms with E-state index in [0.717, 1.165) is 0 Å². The summed E-state index contributed by atoms with van der Waals surface area (Å²) in [6.45, 7) is 2.67. The van der Waals surface area contributed by atoms with Crippen LogP contribution < -0.4 is 0 Å². The molecule has 1 rings (SSSR count). The second-order valence-electron chi connectivity index (χ2n) is 3.44. The van der Waals surface area contributed by atoms with Crippen LogP contribution in [0.2, 0.25) is 0 Å². The van der Waals surface area contributed by atoms with Crippen LogP contribution in [0.25, 0.3) is 0 Å². The predicted octanol–water partition coefficient (Wildman–Crippen LogP) is -0.292. The second kappa shape index (κ2) is 3.33. The fraction of sp³-hybridized carbons (Fsp3) is 0.750. The molecule has 5 nitrogen and oxygen atoms in total. The highest BCUT2D eigenvalue weighted by Gasteiger charge is 2.37. The topological polar surface area (TPSA) is 66.8 Å². The minimum absolute atomic E-state index is 0.356. The number of carbonyl (C=O) groups excluding carboxylic acids is 1. The number of carboxylic acids is 1. The van der Waals surface area contributed by atoms with Crippen molar-refractivity contribution >= 4 is 11.9 Å². The van der Waals surface area contributed by atoms with Gasteiger partial charge in [-0.25, -0.2) is 4.79 Å². The molecule has 0 aromatic heterocycles. The van der Waals surface area contributed by atoms with Gasteiger partial charge in [-0.05, 0) is 13.3 Å². The number of carbonyl (C=O) groups is 2. The maximum absolute atomic E-state index is 11.0. The van der Waals surface area contributed by atoms with Crippen LogP contribution in [0.5, 0.6) is 0 Å². The molecule has 1 N–H and O–H groups in total. The molecule has 0 radical (unpaired) electrons. The van der Waals surface area contributed by atoms with E-state index in [1.54, 1.807) is 7.11 Å². The van der Waals surface area contributed by atoms with E-state index in [0.29, 0.717) is 19.5 Å². The summed E-state index contributed by atoms with van der Waals surface area (Å²) in [5.41, 5.74) is -0.384. The summed E-state index contributed by atoms with van der Waals surface area (Å²) in [4.78, 5) is 22.7. The normalized spacial score (nSPS) is 27.7. The Hall–Kier alpha value is -1.10. The largest absolute Gasteiger partial charge is 0.474 e. The molecule has 1 atom stereocenters. The number of carboxylic acid groups (broad SMARTS) is 1. The fourth-order valence-electron chi connectivity index (χ4n) is 1.41. The summed E-state index contributed by atoms with van der Waals surface area (Å²) in [6.07, 6.45) is 0.683. The average molecular weight is 187 g/mol. The van der Waals surface area contributed by atoms with Crippen molar-refractivity contribution in [3.63, 3.8) is 0 Å². The van der Waals surface area contributed by atoms with Gasteiger partial charge in [-0.3, -0.25) is 4.79 Å². The molecule has 1 fully saturated rings. The van der Waals surface area contributed by atoms with Gasteiger partial charge in [-0.1, -0.05) is 0 Å². The minimum atomic E-state index is -1.40. The zero-order chi connectivity index (χ0) is 10.1. The van der Waals surface area contributed by atoms with Crippen molar-refractivity contribution in [2.45, 2.75) is 18.9 Å². The van der Waals surface area contributed by atoms with Crippen LogP contribution in [0.1, 0.15) is 13.3 Å². The molecule has 1 aliphatic rings. The van der Waals surface area contributed by atoms with E-state index in [-0.39, 0.29) is 5.60 Å². The number of methoxy groups -OCH3 is 1. The van der Waals surface area contributed by atoms with Gasteiger partial charge >= 0.3 is 11.9 Å². The van der Waals surface area contributed by atoms with Crippen LogP contribution in [0, 0.1) is 0 Å². The maximum atomic E-state index is 11.0. The summed E-state index contributed by atoms with van der Waals surface area (Å²) >= 11 is 0. The standard InChI is InChI=1S/C8H13NO4/c1-8(13-2)3-4-9(5-8)6(10)7(11)12/h3-5H2,1-2H3,(H,11,12). The summed E-state index contributed by atoms with van der Waals surface area (Å²) in [5.74, 6) is -2.25. The fourth-order valence-corrected chi connectivity index (χ4v) is 1.41. The molecule has 0 aromatic rings. The third kappa shape index (κ3) is 1.98. The van der Waals surface area contributed by atoms with Gasteiger partial charge in [-0.2, -0.15) is 0 Å². The Labute approximate surface area is 76.3 Å². The number of rotatable bonds is 1. The van der Waals surface area contributed by atoms with Crippen LogP contribution >= 0.6 is 0 Å². The van der Waals surface area contributed by atoms with Crippen LogP contribution in [0.3, 0.4) is 0 Å². The van der Waals surface area contributed by atoms with Gasteiger partial charge in [0.25, 0.3) is 0 Å². The first-order chi connectivity index (χ1) is 5.98. The lowest BCUT2D eigenvalue weighted by atomic mass is 10.1. The predicted molar refractivity (Wildman–Crippen MR) is 44.2 cm³/mol. The second-order valence-corrected chi connectivity index (χ2v) is 3.44. The molecule has 1 unspecified atom stereocenters. The number of aliphatic carboxylic acids is 1.